The smallest absolute Gasteiger partial charge is 0.169 e. The summed E-state index contributed by atoms with van der Waals surface area (Å²) in [5, 5.41) is 43.5. The quantitative estimate of drug-likeness (QED) is 0.225. The summed E-state index contributed by atoms with van der Waals surface area (Å²) in [6.07, 6.45) is 7.62. The van der Waals surface area contributed by atoms with Gasteiger partial charge in [0.05, 0.1) is 43.0 Å². The Balaban J connectivity index is 0.000000156. The van der Waals surface area contributed by atoms with Gasteiger partial charge in [0.1, 0.15) is 5.78 Å². The van der Waals surface area contributed by atoms with E-state index in [-0.39, 0.29) is 63.0 Å². The van der Waals surface area contributed by atoms with Crippen LogP contribution in [0, 0.1) is 69.0 Å². The van der Waals surface area contributed by atoms with Crippen LogP contribution in [-0.2, 0) is 14.3 Å². The van der Waals surface area contributed by atoms with E-state index >= 15 is 0 Å². The van der Waals surface area contributed by atoms with Crippen LogP contribution in [0.4, 0.5) is 0 Å². The Labute approximate surface area is 312 Å². The predicted octanol–water partition coefficient (Wildman–Crippen LogP) is 7.15. The molecule has 0 aromatic carbocycles. The molecule has 7 heteroatoms. The van der Waals surface area contributed by atoms with Crippen molar-refractivity contribution in [3.63, 3.8) is 0 Å². The van der Waals surface area contributed by atoms with Gasteiger partial charge >= 0.3 is 0 Å². The molecule has 0 bridgehead atoms. The first-order valence-electron chi connectivity index (χ1n) is 22.4. The number of rotatable bonds is 2. The van der Waals surface area contributed by atoms with Gasteiger partial charge in [-0.2, -0.15) is 0 Å². The van der Waals surface area contributed by atoms with E-state index in [1.54, 1.807) is 6.92 Å². The molecule has 6 saturated carbocycles. The maximum atomic E-state index is 12.2. The summed E-state index contributed by atoms with van der Waals surface area (Å²) in [7, 11) is 0. The molecule has 0 spiro atoms. The van der Waals surface area contributed by atoms with E-state index in [0.29, 0.717) is 76.4 Å². The maximum absolute atomic E-state index is 12.2. The lowest BCUT2D eigenvalue weighted by Gasteiger charge is -2.60. The average molecular weight is 713 g/mol. The molecule has 9 aliphatic rings. The highest BCUT2D eigenvalue weighted by molar-refractivity contribution is 5.79. The largest absolute Gasteiger partial charge is 0.393 e. The number of carbonyl (C=O) groups is 1. The first kappa shape index (κ1) is 32.2. The van der Waals surface area contributed by atoms with Crippen molar-refractivity contribution >= 4 is 5.78 Å². The van der Waals surface area contributed by atoms with Crippen molar-refractivity contribution in [1.82, 2.24) is 0 Å². The van der Waals surface area contributed by atoms with E-state index in [2.05, 4.69) is 39.8 Å². The van der Waals surface area contributed by atoms with Crippen molar-refractivity contribution in [3.8, 4) is 0 Å². The second kappa shape index (κ2) is 12.7. The van der Waals surface area contributed by atoms with Crippen LogP contribution in [0.3, 0.4) is 0 Å². The summed E-state index contributed by atoms with van der Waals surface area (Å²) in [5.74, 6) is 0.617. The zero-order valence-corrected chi connectivity index (χ0v) is 32.1. The number of allylic oxidation sites excluding steroid dienone is 2. The molecule has 1 heterocycles. The number of hydrogen-bond donors (Lipinski definition) is 4. The van der Waals surface area contributed by atoms with Crippen molar-refractivity contribution in [1.29, 1.82) is 0 Å². The van der Waals surface area contributed by atoms with Gasteiger partial charge in [0, 0.05) is 11.8 Å². The van der Waals surface area contributed by atoms with Crippen molar-refractivity contribution in [2.45, 2.75) is 162 Å². The van der Waals surface area contributed by atoms with Gasteiger partial charge in [0.2, 0.25) is 0 Å². The summed E-state index contributed by atoms with van der Waals surface area (Å²) in [6.45, 7) is 13.6. The van der Waals surface area contributed by atoms with Gasteiger partial charge in [-0.1, -0.05) is 51.0 Å². The van der Waals surface area contributed by atoms with Crippen LogP contribution in [-0.4, -0.2) is 69.5 Å². The molecule has 51 heavy (non-hydrogen) atoms. The van der Waals surface area contributed by atoms with Gasteiger partial charge in [-0.05, 0) is 161 Å². The number of carbonyl (C=O) groups excluding carboxylic acids is 1. The lowest BCUT2D eigenvalue weighted by Crippen LogP contribution is -2.58. The molecule has 0 radical (unpaired) electrons. The zero-order chi connectivity index (χ0) is 40.0. The summed E-state index contributed by atoms with van der Waals surface area (Å²) in [6, 6.07) is 0. The van der Waals surface area contributed by atoms with Crippen molar-refractivity contribution in [2.75, 3.05) is 13.2 Å². The van der Waals surface area contributed by atoms with Crippen molar-refractivity contribution in [3.05, 3.63) is 23.3 Å². The fourth-order valence-electron chi connectivity index (χ4n) is 15.0. The predicted molar refractivity (Wildman–Crippen MR) is 196 cm³/mol. The van der Waals surface area contributed by atoms with Crippen LogP contribution in [0.25, 0.3) is 0 Å². The van der Waals surface area contributed by atoms with Gasteiger partial charge in [0.15, 0.2) is 5.79 Å². The van der Waals surface area contributed by atoms with Crippen molar-refractivity contribution < 1.29 is 40.2 Å². The molecule has 1 aliphatic heterocycles. The van der Waals surface area contributed by atoms with Crippen LogP contribution >= 0.6 is 0 Å². The van der Waals surface area contributed by atoms with Crippen LogP contribution in [0.5, 0.6) is 0 Å². The molecule has 0 aromatic heterocycles. The topological polar surface area (TPSA) is 116 Å². The van der Waals surface area contributed by atoms with Gasteiger partial charge < -0.3 is 29.9 Å². The number of fused-ring (bicyclic) bond motifs is 10. The Morgan fingerprint density at radius 1 is 0.706 bits per heavy atom. The second-order valence-corrected chi connectivity index (χ2v) is 19.7. The Kier molecular flexibility index (Phi) is 8.03. The van der Waals surface area contributed by atoms with E-state index in [4.69, 9.17) is 15.0 Å². The molecule has 286 valence electrons. The molecule has 0 amide bonds. The SMILES string of the molecule is [2H][C@]1(O)CC[C@@]2(C)C(=CCC3C2[C@@]([2H])(O)C[C@@]2(C)C3CC[C@@H]2C(C)=O)C1.[2H][C@]1(O)CC[C@@]2(C)C(=CCC3C2[C@@]([2H])(O)C[C@@]2(C)C3CC[C@@H]2C2(C)OCCO2)C1. The van der Waals surface area contributed by atoms with Crippen LogP contribution in [0.15, 0.2) is 23.3 Å². The van der Waals surface area contributed by atoms with E-state index in [1.165, 1.54) is 0 Å². The van der Waals surface area contributed by atoms with E-state index in [9.17, 15) is 25.2 Å². The van der Waals surface area contributed by atoms with Crippen LogP contribution in [0.2, 0.25) is 0 Å². The van der Waals surface area contributed by atoms with Crippen LogP contribution in [0.1, 0.15) is 137 Å². The van der Waals surface area contributed by atoms with Gasteiger partial charge in [-0.15, -0.1) is 0 Å². The number of hydrogen-bond acceptors (Lipinski definition) is 7. The van der Waals surface area contributed by atoms with Gasteiger partial charge in [-0.25, -0.2) is 0 Å². The van der Waals surface area contributed by atoms with Gasteiger partial charge in [0.25, 0.3) is 0 Å². The normalized spacial score (nSPS) is 60.7. The zero-order valence-electron chi connectivity index (χ0n) is 36.1. The Bertz CT molecular complexity index is 1630. The van der Waals surface area contributed by atoms with Gasteiger partial charge in [-0.3, -0.25) is 4.79 Å². The highest BCUT2D eigenvalue weighted by atomic mass is 16.7. The molecule has 6 unspecified atom stereocenters. The standard InChI is InChI=1S/C23H36O4.C21H32O3/c1-21-9-8-15(24)12-14(21)4-5-16-17-6-7-19(23(3)26-10-11-27-23)22(17,2)13-18(25)20(16)21;1-12(22)16-6-7-17-15-5-4-13-10-14(23)8-9-20(13,2)19(15)18(24)11-21(16,17)3/h4,15-20,24-25H,5-13H2,1-3H3;4,14-19,23-24H,5-11H2,1-3H3/t15-,16?,17?,18-,19-,20?,21-,22-;14-,15?,16+,17?,18-,19?,20-,21+/m00/s1/i15D,18D;14D,18D. The fraction of sp³-hybridized carbons (Fsp3) is 0.886. The molecule has 8 aliphatic carbocycles. The molecule has 0 aromatic rings. The number of aliphatic hydroxyl groups is 4. The highest BCUT2D eigenvalue weighted by Crippen LogP contribution is 2.69. The Morgan fingerprint density at radius 3 is 1.69 bits per heavy atom. The van der Waals surface area contributed by atoms with Crippen molar-refractivity contribution in [2.24, 2.45) is 69.0 Å². The summed E-state index contributed by atoms with van der Waals surface area (Å²) < 4.78 is 46.3. The molecule has 4 N–H and O–H groups in total. The maximum Gasteiger partial charge on any atom is 0.169 e. The minimum atomic E-state index is -1.57. The molecule has 7 nitrogen and oxygen atoms in total. The van der Waals surface area contributed by atoms with E-state index in [1.807, 2.05) is 6.92 Å². The highest BCUT2D eigenvalue weighted by Gasteiger charge is 2.66. The molecule has 7 fully saturated rings. The van der Waals surface area contributed by atoms with E-state index < -0.39 is 30.1 Å². The molecular weight excluding hydrogens is 640 g/mol. The Hall–Kier alpha value is -1.09. The summed E-state index contributed by atoms with van der Waals surface area (Å²) in [4.78, 5) is 12.2. The van der Waals surface area contributed by atoms with E-state index in [0.717, 1.165) is 49.7 Å². The summed E-state index contributed by atoms with van der Waals surface area (Å²) >= 11 is 0. The monoisotopic (exact) mass is 713 g/mol. The molecule has 16 atom stereocenters. The lowest BCUT2D eigenvalue weighted by molar-refractivity contribution is -0.223. The average Bonchev–Trinajstić information content (AvgIpc) is 3.75. The molecule has 1 saturated heterocycles. The molecule has 9 rings (SSSR count). The first-order valence-corrected chi connectivity index (χ1v) is 20.4. The number of ketones is 1. The Morgan fingerprint density at radius 2 is 1.18 bits per heavy atom. The lowest BCUT2D eigenvalue weighted by atomic mass is 9.46. The van der Waals surface area contributed by atoms with Crippen LogP contribution < -0.4 is 0 Å². The number of ether oxygens (including phenoxy) is 2. The third-order valence-electron chi connectivity index (χ3n) is 17.3. The minimum absolute atomic E-state index is 0.0480. The third-order valence-corrected chi connectivity index (χ3v) is 17.3. The number of Topliss-reactive ketones (excluding diaryl/α,β-unsaturated/α-hetero) is 1. The first-order chi connectivity index (χ1) is 25.3. The minimum Gasteiger partial charge on any atom is -0.393 e. The fourth-order valence-corrected chi connectivity index (χ4v) is 15.0. The summed E-state index contributed by atoms with van der Waals surface area (Å²) in [5.41, 5.74) is 1.01. The molecular formula is C44H68O7. The third kappa shape index (κ3) is 5.50. The second-order valence-electron chi connectivity index (χ2n) is 19.7.